The van der Waals surface area contributed by atoms with Gasteiger partial charge in [-0.05, 0) is 15.9 Å². The number of aromatic nitrogens is 4. The number of sulfonamides is 1. The summed E-state index contributed by atoms with van der Waals surface area (Å²) in [6, 6.07) is 0. The first-order valence-electron chi connectivity index (χ1n) is 5.42. The SMILES string of the molecule is CCc1cnc(CNS(=O)(=O)c2c(Br)nnn2C)o1. The minimum Gasteiger partial charge on any atom is -0.444 e. The van der Waals surface area contributed by atoms with E-state index < -0.39 is 10.0 Å². The van der Waals surface area contributed by atoms with Gasteiger partial charge < -0.3 is 4.42 Å². The van der Waals surface area contributed by atoms with Crippen molar-refractivity contribution in [2.24, 2.45) is 7.05 Å². The van der Waals surface area contributed by atoms with Crippen molar-refractivity contribution >= 4 is 26.0 Å². The van der Waals surface area contributed by atoms with Crippen LogP contribution in [0.1, 0.15) is 18.6 Å². The monoisotopic (exact) mass is 349 g/mol. The van der Waals surface area contributed by atoms with Crippen molar-refractivity contribution in [3.8, 4) is 0 Å². The van der Waals surface area contributed by atoms with Gasteiger partial charge in [-0.15, -0.1) is 5.10 Å². The zero-order chi connectivity index (χ0) is 14.0. The van der Waals surface area contributed by atoms with Crippen LogP contribution in [0, 0.1) is 0 Å². The fourth-order valence-corrected chi connectivity index (χ4v) is 3.49. The normalized spacial score (nSPS) is 11.9. The quantitative estimate of drug-likeness (QED) is 0.847. The van der Waals surface area contributed by atoms with Crippen LogP contribution in [0.15, 0.2) is 20.2 Å². The van der Waals surface area contributed by atoms with E-state index in [2.05, 4.69) is 35.9 Å². The van der Waals surface area contributed by atoms with Crippen LogP contribution in [0.4, 0.5) is 0 Å². The molecule has 0 radical (unpaired) electrons. The lowest BCUT2D eigenvalue weighted by molar-refractivity contribution is 0.451. The average Bonchev–Trinajstić information content (AvgIpc) is 2.94. The summed E-state index contributed by atoms with van der Waals surface area (Å²) in [7, 11) is -2.24. The minimum absolute atomic E-state index is 0.0278. The minimum atomic E-state index is -3.73. The second kappa shape index (κ2) is 5.39. The Morgan fingerprint density at radius 1 is 1.53 bits per heavy atom. The number of aryl methyl sites for hydroxylation is 2. The largest absolute Gasteiger partial charge is 0.444 e. The molecular weight excluding hydrogens is 338 g/mol. The Balaban J connectivity index is 2.14. The third-order valence-electron chi connectivity index (χ3n) is 2.35. The summed E-state index contributed by atoms with van der Waals surface area (Å²) >= 11 is 3.04. The van der Waals surface area contributed by atoms with Gasteiger partial charge in [-0.25, -0.2) is 22.8 Å². The van der Waals surface area contributed by atoms with Crippen molar-refractivity contribution in [3.63, 3.8) is 0 Å². The molecule has 2 aromatic heterocycles. The van der Waals surface area contributed by atoms with E-state index in [1.165, 1.54) is 11.7 Å². The fourth-order valence-electron chi connectivity index (χ4n) is 1.43. The standard InChI is InChI=1S/C9H12BrN5O3S/c1-3-6-4-11-7(18-6)5-12-19(16,17)9-8(10)13-14-15(9)2/h4,12H,3,5H2,1-2H3. The molecule has 0 aliphatic rings. The third kappa shape index (κ3) is 3.01. The topological polar surface area (TPSA) is 103 Å². The molecule has 0 atom stereocenters. The molecule has 0 aliphatic heterocycles. The van der Waals surface area contributed by atoms with Gasteiger partial charge in [0.05, 0.1) is 12.7 Å². The molecule has 0 bridgehead atoms. The molecule has 19 heavy (non-hydrogen) atoms. The number of hydrogen-bond donors (Lipinski definition) is 1. The van der Waals surface area contributed by atoms with Crippen molar-refractivity contribution in [2.45, 2.75) is 24.9 Å². The van der Waals surface area contributed by atoms with E-state index >= 15 is 0 Å². The van der Waals surface area contributed by atoms with Crippen molar-refractivity contribution in [1.29, 1.82) is 0 Å². The van der Waals surface area contributed by atoms with Crippen LogP contribution in [0.25, 0.3) is 0 Å². The van der Waals surface area contributed by atoms with Gasteiger partial charge in [-0.3, -0.25) is 0 Å². The number of oxazole rings is 1. The number of halogens is 1. The fraction of sp³-hybridized carbons (Fsp3) is 0.444. The lowest BCUT2D eigenvalue weighted by atomic mass is 10.4. The van der Waals surface area contributed by atoms with Crippen molar-refractivity contribution in [2.75, 3.05) is 0 Å². The number of hydrogen-bond acceptors (Lipinski definition) is 6. The molecule has 104 valence electrons. The molecule has 2 rings (SSSR count). The summed E-state index contributed by atoms with van der Waals surface area (Å²) in [5.74, 6) is 1.02. The summed E-state index contributed by atoms with van der Waals surface area (Å²) in [4.78, 5) is 3.97. The van der Waals surface area contributed by atoms with E-state index in [0.717, 1.165) is 0 Å². The molecule has 0 saturated carbocycles. The highest BCUT2D eigenvalue weighted by atomic mass is 79.9. The maximum atomic E-state index is 12.1. The van der Waals surface area contributed by atoms with Gasteiger partial charge in [-0.1, -0.05) is 12.1 Å². The number of nitrogens with one attached hydrogen (secondary N) is 1. The molecule has 0 saturated heterocycles. The van der Waals surface area contributed by atoms with Crippen LogP contribution >= 0.6 is 15.9 Å². The molecule has 2 aromatic rings. The van der Waals surface area contributed by atoms with Gasteiger partial charge in [0.15, 0.2) is 4.60 Å². The van der Waals surface area contributed by atoms with Crippen LogP contribution in [-0.4, -0.2) is 28.4 Å². The smallest absolute Gasteiger partial charge is 0.261 e. The van der Waals surface area contributed by atoms with E-state index in [0.29, 0.717) is 18.1 Å². The Morgan fingerprint density at radius 3 is 2.79 bits per heavy atom. The summed E-state index contributed by atoms with van der Waals surface area (Å²) in [5.41, 5.74) is 0. The van der Waals surface area contributed by atoms with Gasteiger partial charge in [-0.2, -0.15) is 0 Å². The third-order valence-corrected chi connectivity index (χ3v) is 4.64. The van der Waals surface area contributed by atoms with Gasteiger partial charge in [0.1, 0.15) is 5.76 Å². The summed E-state index contributed by atoms with van der Waals surface area (Å²) < 4.78 is 33.2. The van der Waals surface area contributed by atoms with Crippen molar-refractivity contribution in [3.05, 3.63) is 22.5 Å². The summed E-state index contributed by atoms with van der Waals surface area (Å²) in [5, 5.41) is 7.20. The molecular formula is C9H12BrN5O3S. The Labute approximate surface area is 118 Å². The van der Waals surface area contributed by atoms with Gasteiger partial charge in [0.25, 0.3) is 10.0 Å². The summed E-state index contributed by atoms with van der Waals surface area (Å²) in [6.45, 7) is 1.90. The lowest BCUT2D eigenvalue weighted by Gasteiger charge is -2.04. The van der Waals surface area contributed by atoms with Crippen LogP contribution < -0.4 is 4.72 Å². The van der Waals surface area contributed by atoms with E-state index in [1.807, 2.05) is 6.92 Å². The van der Waals surface area contributed by atoms with Gasteiger partial charge in [0.2, 0.25) is 10.9 Å². The Bertz CT molecular complexity index is 658. The number of nitrogens with zero attached hydrogens (tertiary/aromatic N) is 4. The summed E-state index contributed by atoms with van der Waals surface area (Å²) in [6.07, 6.45) is 2.28. The highest BCUT2D eigenvalue weighted by molar-refractivity contribution is 9.10. The van der Waals surface area contributed by atoms with E-state index in [-0.39, 0.29) is 16.2 Å². The van der Waals surface area contributed by atoms with Gasteiger partial charge in [0, 0.05) is 13.5 Å². The zero-order valence-electron chi connectivity index (χ0n) is 10.3. The molecule has 2 heterocycles. The van der Waals surface area contributed by atoms with Crippen LogP contribution in [0.3, 0.4) is 0 Å². The second-order valence-electron chi connectivity index (χ2n) is 3.71. The first kappa shape index (κ1) is 14.2. The first-order valence-corrected chi connectivity index (χ1v) is 7.70. The van der Waals surface area contributed by atoms with Gasteiger partial charge >= 0.3 is 0 Å². The first-order chi connectivity index (χ1) is 8.94. The van der Waals surface area contributed by atoms with E-state index in [1.54, 1.807) is 6.20 Å². The van der Waals surface area contributed by atoms with Crippen LogP contribution in [-0.2, 0) is 30.0 Å². The molecule has 0 unspecified atom stereocenters. The predicted octanol–water partition coefficient (Wildman–Crippen LogP) is 0.606. The second-order valence-corrected chi connectivity index (χ2v) is 6.14. The average molecular weight is 350 g/mol. The van der Waals surface area contributed by atoms with E-state index in [4.69, 9.17) is 4.42 Å². The zero-order valence-corrected chi connectivity index (χ0v) is 12.7. The van der Waals surface area contributed by atoms with Crippen LogP contribution in [0.2, 0.25) is 0 Å². The van der Waals surface area contributed by atoms with E-state index in [9.17, 15) is 8.42 Å². The number of rotatable bonds is 5. The highest BCUT2D eigenvalue weighted by Gasteiger charge is 2.24. The Morgan fingerprint density at radius 2 is 2.26 bits per heavy atom. The molecule has 0 fully saturated rings. The molecule has 0 amide bonds. The Kier molecular flexibility index (Phi) is 4.02. The maximum Gasteiger partial charge on any atom is 0.261 e. The van der Waals surface area contributed by atoms with Crippen molar-refractivity contribution in [1.82, 2.24) is 24.7 Å². The lowest BCUT2D eigenvalue weighted by Crippen LogP contribution is -2.25. The molecule has 1 N–H and O–H groups in total. The molecule has 0 aromatic carbocycles. The highest BCUT2D eigenvalue weighted by Crippen LogP contribution is 2.17. The Hall–Kier alpha value is -1.26. The maximum absolute atomic E-state index is 12.1. The predicted molar refractivity (Wildman–Crippen MR) is 68.6 cm³/mol. The molecule has 0 spiro atoms. The molecule has 0 aliphatic carbocycles. The van der Waals surface area contributed by atoms with Crippen molar-refractivity contribution < 1.29 is 12.8 Å². The molecule has 10 heteroatoms. The van der Waals surface area contributed by atoms with Crippen LogP contribution in [0.5, 0.6) is 0 Å². The molecule has 8 nitrogen and oxygen atoms in total.